The first-order valence-electron chi connectivity index (χ1n) is 9.18. The van der Waals surface area contributed by atoms with E-state index in [1.165, 1.54) is 19.3 Å². The Hall–Kier alpha value is -2.57. The predicted octanol–water partition coefficient (Wildman–Crippen LogP) is 2.94. The van der Waals surface area contributed by atoms with Crippen molar-refractivity contribution in [1.29, 1.82) is 0 Å². The highest BCUT2D eigenvalue weighted by molar-refractivity contribution is 5.67. The number of hydrogen-bond acceptors (Lipinski definition) is 5. The van der Waals surface area contributed by atoms with E-state index in [-0.39, 0.29) is 12.1 Å². The van der Waals surface area contributed by atoms with E-state index in [0.29, 0.717) is 19.6 Å². The van der Waals surface area contributed by atoms with E-state index in [9.17, 15) is 4.79 Å². The van der Waals surface area contributed by atoms with Gasteiger partial charge in [-0.15, -0.1) is 5.10 Å². The molecule has 1 aliphatic carbocycles. The quantitative estimate of drug-likeness (QED) is 0.823. The van der Waals surface area contributed by atoms with Crippen molar-refractivity contribution in [2.24, 2.45) is 0 Å². The highest BCUT2D eigenvalue weighted by Crippen LogP contribution is 2.17. The number of amides is 1. The number of carbonyl (C=O) groups excluding carboxylic acids is 1. The molecule has 0 spiro atoms. The second kappa shape index (κ2) is 9.22. The molecule has 1 N–H and O–H groups in total. The molecule has 0 radical (unpaired) electrons. The maximum absolute atomic E-state index is 11.8. The average Bonchev–Trinajstić information content (AvgIpc) is 3.10. The Labute approximate surface area is 153 Å². The molecule has 1 aromatic carbocycles. The number of aromatic nitrogens is 3. The minimum Gasteiger partial charge on any atom is -0.497 e. The van der Waals surface area contributed by atoms with Crippen LogP contribution in [0.25, 0.3) is 0 Å². The fourth-order valence-corrected chi connectivity index (χ4v) is 3.19. The maximum atomic E-state index is 11.8. The minimum atomic E-state index is -0.333. The number of rotatable bonds is 7. The first-order chi connectivity index (χ1) is 12.7. The molecular weight excluding hydrogens is 332 g/mol. The zero-order valence-electron chi connectivity index (χ0n) is 15.2. The zero-order chi connectivity index (χ0) is 18.2. The van der Waals surface area contributed by atoms with Gasteiger partial charge in [-0.2, -0.15) is 0 Å². The number of alkyl carbamates (subject to hydrolysis) is 1. The second-order valence-corrected chi connectivity index (χ2v) is 6.62. The fourth-order valence-electron chi connectivity index (χ4n) is 3.19. The van der Waals surface area contributed by atoms with Crippen molar-refractivity contribution in [1.82, 2.24) is 20.3 Å². The summed E-state index contributed by atoms with van der Waals surface area (Å²) < 4.78 is 12.3. The van der Waals surface area contributed by atoms with Gasteiger partial charge in [0, 0.05) is 18.7 Å². The molecule has 1 amide bonds. The molecule has 7 heteroatoms. The molecular formula is C19H26N4O3. The Morgan fingerprint density at radius 1 is 1.31 bits per heavy atom. The number of hydrogen-bond donors (Lipinski definition) is 1. The van der Waals surface area contributed by atoms with Gasteiger partial charge in [-0.1, -0.05) is 36.6 Å². The van der Waals surface area contributed by atoms with Crippen LogP contribution in [0.1, 0.15) is 43.4 Å². The third-order valence-corrected chi connectivity index (χ3v) is 4.58. The molecule has 1 aliphatic rings. The monoisotopic (exact) mass is 358 g/mol. The van der Waals surface area contributed by atoms with E-state index in [0.717, 1.165) is 29.8 Å². The van der Waals surface area contributed by atoms with Crippen molar-refractivity contribution in [3.05, 3.63) is 41.7 Å². The van der Waals surface area contributed by atoms with Crippen LogP contribution in [0.2, 0.25) is 0 Å². The molecule has 0 aliphatic heterocycles. The summed E-state index contributed by atoms with van der Waals surface area (Å²) in [6.45, 7) is 0.920. The molecule has 0 unspecified atom stereocenters. The Morgan fingerprint density at radius 2 is 2.15 bits per heavy atom. The summed E-state index contributed by atoms with van der Waals surface area (Å²) >= 11 is 0. The molecule has 0 saturated heterocycles. The second-order valence-electron chi connectivity index (χ2n) is 6.62. The molecule has 140 valence electrons. The van der Waals surface area contributed by atoms with Crippen molar-refractivity contribution in [3.63, 3.8) is 0 Å². The minimum absolute atomic E-state index is 0.264. The summed E-state index contributed by atoms with van der Waals surface area (Å²) in [4.78, 5) is 11.8. The van der Waals surface area contributed by atoms with E-state index in [2.05, 4.69) is 15.6 Å². The van der Waals surface area contributed by atoms with Gasteiger partial charge in [0.1, 0.15) is 5.75 Å². The van der Waals surface area contributed by atoms with Crippen molar-refractivity contribution in [2.45, 2.75) is 51.1 Å². The fraction of sp³-hybridized carbons (Fsp3) is 0.526. The van der Waals surface area contributed by atoms with Crippen LogP contribution in [0.3, 0.4) is 0 Å². The third kappa shape index (κ3) is 5.47. The van der Waals surface area contributed by atoms with E-state index in [1.807, 2.05) is 30.5 Å². The van der Waals surface area contributed by atoms with Crippen molar-refractivity contribution in [2.75, 3.05) is 13.7 Å². The van der Waals surface area contributed by atoms with Crippen molar-refractivity contribution < 1.29 is 14.3 Å². The van der Waals surface area contributed by atoms with Crippen LogP contribution in [0.15, 0.2) is 30.5 Å². The first-order valence-corrected chi connectivity index (χ1v) is 9.18. The van der Waals surface area contributed by atoms with Gasteiger partial charge >= 0.3 is 6.09 Å². The molecule has 3 rings (SSSR count). The van der Waals surface area contributed by atoms with Gasteiger partial charge < -0.3 is 14.8 Å². The SMILES string of the molecule is COc1cccc(Cn2cc(CCOC(=O)NC3CCCCC3)nn2)c1. The van der Waals surface area contributed by atoms with E-state index in [4.69, 9.17) is 9.47 Å². The lowest BCUT2D eigenvalue weighted by molar-refractivity contribution is 0.140. The summed E-state index contributed by atoms with van der Waals surface area (Å²) in [6, 6.07) is 8.11. The highest BCUT2D eigenvalue weighted by Gasteiger charge is 2.16. The lowest BCUT2D eigenvalue weighted by atomic mass is 9.96. The molecule has 1 aromatic heterocycles. The van der Waals surface area contributed by atoms with Gasteiger partial charge in [0.15, 0.2) is 0 Å². The molecule has 1 heterocycles. The van der Waals surface area contributed by atoms with Crippen LogP contribution in [0, 0.1) is 0 Å². The van der Waals surface area contributed by atoms with Gasteiger partial charge in [-0.05, 0) is 30.5 Å². The third-order valence-electron chi connectivity index (χ3n) is 4.58. The van der Waals surface area contributed by atoms with Crippen LogP contribution < -0.4 is 10.1 Å². The number of methoxy groups -OCH3 is 1. The van der Waals surface area contributed by atoms with Crippen LogP contribution >= 0.6 is 0 Å². The number of benzene rings is 1. The lowest BCUT2D eigenvalue weighted by Gasteiger charge is -2.22. The largest absolute Gasteiger partial charge is 0.497 e. The van der Waals surface area contributed by atoms with Gasteiger partial charge in [-0.25, -0.2) is 9.48 Å². The number of ether oxygens (including phenoxy) is 2. The summed E-state index contributed by atoms with van der Waals surface area (Å²) in [5, 5.41) is 11.2. The zero-order valence-corrected chi connectivity index (χ0v) is 15.2. The first kappa shape index (κ1) is 18.2. The van der Waals surface area contributed by atoms with Crippen LogP contribution in [-0.4, -0.2) is 40.8 Å². The van der Waals surface area contributed by atoms with E-state index in [1.54, 1.807) is 11.8 Å². The summed E-state index contributed by atoms with van der Waals surface area (Å²) in [6.07, 6.45) is 7.82. The Morgan fingerprint density at radius 3 is 2.96 bits per heavy atom. The molecule has 1 fully saturated rings. The molecule has 0 bridgehead atoms. The maximum Gasteiger partial charge on any atom is 0.407 e. The van der Waals surface area contributed by atoms with Crippen LogP contribution in [-0.2, 0) is 17.7 Å². The molecule has 0 atom stereocenters. The number of nitrogens with zero attached hydrogens (tertiary/aromatic N) is 3. The van der Waals surface area contributed by atoms with E-state index < -0.39 is 0 Å². The average molecular weight is 358 g/mol. The lowest BCUT2D eigenvalue weighted by Crippen LogP contribution is -2.36. The van der Waals surface area contributed by atoms with Gasteiger partial charge in [0.05, 0.1) is 26.0 Å². The molecule has 7 nitrogen and oxygen atoms in total. The molecule has 2 aromatic rings. The standard InChI is InChI=1S/C19H26N4O3/c1-25-18-9-5-6-15(12-18)13-23-14-17(21-22-23)10-11-26-19(24)20-16-7-3-2-4-8-16/h5-6,9,12,14,16H,2-4,7-8,10-11,13H2,1H3,(H,20,24). The van der Waals surface area contributed by atoms with Crippen molar-refractivity contribution in [3.8, 4) is 5.75 Å². The van der Waals surface area contributed by atoms with Gasteiger partial charge in [0.2, 0.25) is 0 Å². The van der Waals surface area contributed by atoms with Gasteiger partial charge in [-0.3, -0.25) is 0 Å². The Bertz CT molecular complexity index is 710. The highest BCUT2D eigenvalue weighted by atomic mass is 16.5. The van der Waals surface area contributed by atoms with Gasteiger partial charge in [0.25, 0.3) is 0 Å². The van der Waals surface area contributed by atoms with E-state index >= 15 is 0 Å². The van der Waals surface area contributed by atoms with Crippen LogP contribution in [0.5, 0.6) is 5.75 Å². The normalized spacial score (nSPS) is 14.8. The summed E-state index contributed by atoms with van der Waals surface area (Å²) in [7, 11) is 1.65. The number of nitrogens with one attached hydrogen (secondary N) is 1. The predicted molar refractivity (Wildman–Crippen MR) is 97.2 cm³/mol. The summed E-state index contributed by atoms with van der Waals surface area (Å²) in [5.41, 5.74) is 1.89. The van der Waals surface area contributed by atoms with Crippen LogP contribution in [0.4, 0.5) is 4.79 Å². The smallest absolute Gasteiger partial charge is 0.407 e. The topological polar surface area (TPSA) is 78.3 Å². The molecule has 26 heavy (non-hydrogen) atoms. The van der Waals surface area contributed by atoms with Crippen molar-refractivity contribution >= 4 is 6.09 Å². The Balaban J connectivity index is 1.41. The molecule has 1 saturated carbocycles. The Kier molecular flexibility index (Phi) is 6.46. The number of carbonyl (C=O) groups is 1. The summed E-state index contributed by atoms with van der Waals surface area (Å²) in [5.74, 6) is 0.820.